The molecule has 140 valence electrons. The zero-order valence-electron chi connectivity index (χ0n) is 15.8. The second-order valence-corrected chi connectivity index (χ2v) is 7.51. The van der Waals surface area contributed by atoms with Crippen LogP contribution in [0.5, 0.6) is 5.75 Å². The van der Waals surface area contributed by atoms with Gasteiger partial charge in [-0.2, -0.15) is 0 Å². The maximum Gasteiger partial charge on any atom is 0.119 e. The van der Waals surface area contributed by atoms with Gasteiger partial charge in [-0.1, -0.05) is 55.3 Å². The van der Waals surface area contributed by atoms with Crippen molar-refractivity contribution < 1.29 is 9.84 Å². The zero-order chi connectivity index (χ0) is 18.2. The van der Waals surface area contributed by atoms with Crippen molar-refractivity contribution in [2.24, 2.45) is 5.92 Å². The third-order valence-corrected chi connectivity index (χ3v) is 5.64. The van der Waals surface area contributed by atoms with E-state index in [2.05, 4.69) is 41.7 Å². The minimum atomic E-state index is -0.621. The first-order valence-electron chi connectivity index (χ1n) is 9.79. The van der Waals surface area contributed by atoms with E-state index >= 15 is 0 Å². The van der Waals surface area contributed by atoms with Gasteiger partial charge in [0.05, 0.1) is 12.7 Å². The monoisotopic (exact) mass is 353 g/mol. The number of ether oxygens (including phenoxy) is 1. The number of hydrogen-bond donors (Lipinski definition) is 2. The van der Waals surface area contributed by atoms with E-state index in [4.69, 9.17) is 4.74 Å². The van der Waals surface area contributed by atoms with Gasteiger partial charge in [0.25, 0.3) is 0 Å². The molecule has 2 atom stereocenters. The largest absolute Gasteiger partial charge is 0.497 e. The van der Waals surface area contributed by atoms with Crippen LogP contribution in [0.25, 0.3) is 0 Å². The van der Waals surface area contributed by atoms with Gasteiger partial charge in [0.1, 0.15) is 5.75 Å². The van der Waals surface area contributed by atoms with E-state index in [1.807, 2.05) is 18.2 Å². The van der Waals surface area contributed by atoms with Gasteiger partial charge in [0.2, 0.25) is 0 Å². The molecule has 0 bridgehead atoms. The number of aliphatic hydroxyl groups is 1. The molecule has 0 saturated heterocycles. The molecule has 2 aromatic rings. The SMILES string of the molecule is COc1cccc(CC2(O)CCCCC2CNCCc2ccccc2)c1. The van der Waals surface area contributed by atoms with Crippen molar-refractivity contribution in [2.75, 3.05) is 20.2 Å². The summed E-state index contributed by atoms with van der Waals surface area (Å²) in [6.45, 7) is 1.84. The Hall–Kier alpha value is -1.84. The van der Waals surface area contributed by atoms with Gasteiger partial charge in [0, 0.05) is 18.9 Å². The Bertz CT molecular complexity index is 673. The van der Waals surface area contributed by atoms with Crippen LogP contribution in [0.3, 0.4) is 0 Å². The van der Waals surface area contributed by atoms with E-state index in [9.17, 15) is 5.11 Å². The van der Waals surface area contributed by atoms with Crippen molar-refractivity contribution in [2.45, 2.75) is 44.1 Å². The van der Waals surface area contributed by atoms with Crippen LogP contribution in [0.4, 0.5) is 0 Å². The van der Waals surface area contributed by atoms with Crippen LogP contribution < -0.4 is 10.1 Å². The molecule has 2 aromatic carbocycles. The first-order valence-corrected chi connectivity index (χ1v) is 9.79. The summed E-state index contributed by atoms with van der Waals surface area (Å²) in [5, 5.41) is 15.0. The molecule has 1 saturated carbocycles. The first kappa shape index (κ1) is 18.9. The van der Waals surface area contributed by atoms with Crippen molar-refractivity contribution in [1.29, 1.82) is 0 Å². The molecular weight excluding hydrogens is 322 g/mol. The summed E-state index contributed by atoms with van der Waals surface area (Å²) in [4.78, 5) is 0. The summed E-state index contributed by atoms with van der Waals surface area (Å²) in [6.07, 6.45) is 6.04. The fourth-order valence-electron chi connectivity index (χ4n) is 4.11. The summed E-state index contributed by atoms with van der Waals surface area (Å²) in [6, 6.07) is 18.7. The lowest BCUT2D eigenvalue weighted by Crippen LogP contribution is -2.47. The number of methoxy groups -OCH3 is 1. The zero-order valence-corrected chi connectivity index (χ0v) is 15.8. The van der Waals surface area contributed by atoms with Gasteiger partial charge in [-0.15, -0.1) is 0 Å². The molecule has 1 aliphatic carbocycles. The molecule has 1 fully saturated rings. The number of hydrogen-bond acceptors (Lipinski definition) is 3. The second kappa shape index (κ2) is 9.20. The van der Waals surface area contributed by atoms with Crippen LogP contribution in [0.2, 0.25) is 0 Å². The van der Waals surface area contributed by atoms with E-state index in [1.54, 1.807) is 7.11 Å². The van der Waals surface area contributed by atoms with Crippen LogP contribution in [-0.4, -0.2) is 30.9 Å². The van der Waals surface area contributed by atoms with Crippen LogP contribution in [-0.2, 0) is 12.8 Å². The number of benzene rings is 2. The highest BCUT2D eigenvalue weighted by atomic mass is 16.5. The van der Waals surface area contributed by atoms with Crippen LogP contribution in [0.15, 0.2) is 54.6 Å². The summed E-state index contributed by atoms with van der Waals surface area (Å²) in [7, 11) is 1.69. The fraction of sp³-hybridized carbons (Fsp3) is 0.478. The van der Waals surface area contributed by atoms with Crippen molar-refractivity contribution in [1.82, 2.24) is 5.32 Å². The van der Waals surface area contributed by atoms with E-state index in [0.29, 0.717) is 12.3 Å². The molecule has 0 aromatic heterocycles. The lowest BCUT2D eigenvalue weighted by atomic mass is 9.72. The first-order chi connectivity index (χ1) is 12.7. The lowest BCUT2D eigenvalue weighted by Gasteiger charge is -2.40. The minimum absolute atomic E-state index is 0.304. The Morgan fingerprint density at radius 1 is 1.08 bits per heavy atom. The fourth-order valence-corrected chi connectivity index (χ4v) is 4.11. The Morgan fingerprint density at radius 3 is 2.69 bits per heavy atom. The molecule has 0 spiro atoms. The maximum atomic E-state index is 11.4. The van der Waals surface area contributed by atoms with Gasteiger partial charge in [-0.05, 0) is 49.1 Å². The minimum Gasteiger partial charge on any atom is -0.497 e. The summed E-state index contributed by atoms with van der Waals surface area (Å²) < 4.78 is 5.33. The van der Waals surface area contributed by atoms with Crippen molar-refractivity contribution in [3.63, 3.8) is 0 Å². The van der Waals surface area contributed by atoms with Gasteiger partial charge in [-0.3, -0.25) is 0 Å². The molecule has 0 amide bonds. The van der Waals surface area contributed by atoms with E-state index in [0.717, 1.165) is 50.1 Å². The van der Waals surface area contributed by atoms with Crippen LogP contribution >= 0.6 is 0 Å². The third kappa shape index (κ3) is 5.09. The van der Waals surface area contributed by atoms with Crippen LogP contribution in [0, 0.1) is 5.92 Å². The summed E-state index contributed by atoms with van der Waals surface area (Å²) in [5.41, 5.74) is 1.89. The summed E-state index contributed by atoms with van der Waals surface area (Å²) >= 11 is 0. The Balaban J connectivity index is 1.55. The Morgan fingerprint density at radius 2 is 1.88 bits per heavy atom. The van der Waals surface area contributed by atoms with Crippen molar-refractivity contribution in [3.8, 4) is 5.75 Å². The third-order valence-electron chi connectivity index (χ3n) is 5.64. The molecule has 0 aliphatic heterocycles. The molecule has 1 aliphatic rings. The predicted octanol–water partition coefficient (Wildman–Crippen LogP) is 3.99. The second-order valence-electron chi connectivity index (χ2n) is 7.51. The average molecular weight is 354 g/mol. The van der Waals surface area contributed by atoms with Gasteiger partial charge >= 0.3 is 0 Å². The van der Waals surface area contributed by atoms with E-state index < -0.39 is 5.60 Å². The number of rotatable bonds is 8. The Kier molecular flexibility index (Phi) is 6.70. The van der Waals surface area contributed by atoms with E-state index in [-0.39, 0.29) is 0 Å². The average Bonchev–Trinajstić information content (AvgIpc) is 2.67. The standard InChI is InChI=1S/C23H31NO2/c1-26-22-12-7-10-20(16-22)17-23(25)14-6-5-11-21(23)18-24-15-13-19-8-3-2-4-9-19/h2-4,7-10,12,16,21,24-25H,5-6,11,13-15,17-18H2,1H3. The highest BCUT2D eigenvalue weighted by Gasteiger charge is 2.38. The highest BCUT2D eigenvalue weighted by Crippen LogP contribution is 2.36. The van der Waals surface area contributed by atoms with Crippen LogP contribution in [0.1, 0.15) is 36.8 Å². The lowest BCUT2D eigenvalue weighted by molar-refractivity contribution is -0.0469. The molecule has 3 heteroatoms. The number of nitrogens with one attached hydrogen (secondary N) is 1. The van der Waals surface area contributed by atoms with Gasteiger partial charge in [-0.25, -0.2) is 0 Å². The van der Waals surface area contributed by atoms with Gasteiger partial charge in [0.15, 0.2) is 0 Å². The molecule has 26 heavy (non-hydrogen) atoms. The van der Waals surface area contributed by atoms with Crippen molar-refractivity contribution >= 4 is 0 Å². The predicted molar refractivity (Wildman–Crippen MR) is 107 cm³/mol. The normalized spacial score (nSPS) is 22.9. The molecule has 2 N–H and O–H groups in total. The highest BCUT2D eigenvalue weighted by molar-refractivity contribution is 5.29. The van der Waals surface area contributed by atoms with Crippen molar-refractivity contribution in [3.05, 3.63) is 65.7 Å². The summed E-state index contributed by atoms with van der Waals surface area (Å²) in [5.74, 6) is 1.16. The Labute approximate surface area is 157 Å². The maximum absolute atomic E-state index is 11.4. The molecule has 3 nitrogen and oxygen atoms in total. The topological polar surface area (TPSA) is 41.5 Å². The smallest absolute Gasteiger partial charge is 0.119 e. The molecule has 2 unspecified atom stereocenters. The quantitative estimate of drug-likeness (QED) is 0.705. The van der Waals surface area contributed by atoms with Gasteiger partial charge < -0.3 is 15.2 Å². The van der Waals surface area contributed by atoms with E-state index in [1.165, 1.54) is 12.0 Å². The molecular formula is C23H31NO2. The molecule has 0 radical (unpaired) electrons. The molecule has 0 heterocycles. The molecule has 3 rings (SSSR count).